The molecule has 4 unspecified atom stereocenters. The van der Waals surface area contributed by atoms with E-state index >= 15 is 0 Å². The summed E-state index contributed by atoms with van der Waals surface area (Å²) in [5.41, 5.74) is 1.22. The van der Waals surface area contributed by atoms with Crippen LogP contribution in [0.3, 0.4) is 0 Å². The molecule has 3 N–H and O–H groups in total. The second-order valence-electron chi connectivity index (χ2n) is 31.1. The molecule has 722 valence electrons. The largest absolute Gasteiger partial charge is 0.491 e. The van der Waals surface area contributed by atoms with Crippen LogP contribution < -0.4 is 4.74 Å². The Balaban J connectivity index is -0.0000000572. The lowest BCUT2D eigenvalue weighted by Crippen LogP contribution is -2.62. The van der Waals surface area contributed by atoms with Crippen molar-refractivity contribution >= 4 is 120 Å². The molecule has 1 aromatic carbocycles. The van der Waals surface area contributed by atoms with Crippen LogP contribution in [0.2, 0.25) is 170 Å². The molecule has 115 heavy (non-hydrogen) atoms. The van der Waals surface area contributed by atoms with Crippen molar-refractivity contribution < 1.29 is 94.1 Å². The van der Waals surface area contributed by atoms with Gasteiger partial charge in [-0.05, 0) is 246 Å². The number of benzene rings is 1. The van der Waals surface area contributed by atoms with Gasteiger partial charge in [0, 0.05) is 46.9 Å². The third-order valence-electron chi connectivity index (χ3n) is 13.3. The molecule has 0 saturated heterocycles. The number of para-hydroxylation sites is 1. The van der Waals surface area contributed by atoms with Gasteiger partial charge >= 0.3 is 83.0 Å². The number of ether oxygens (including phenoxy) is 5. The van der Waals surface area contributed by atoms with Gasteiger partial charge in [-0.3, -0.25) is 4.79 Å². The normalized spacial score (nSPS) is 12.4. The van der Waals surface area contributed by atoms with Crippen LogP contribution in [0.25, 0.3) is 0 Å². The van der Waals surface area contributed by atoms with Crippen LogP contribution in [0.1, 0.15) is 212 Å². The Hall–Kier alpha value is 0.723. The number of rotatable bonds is 44. The molecule has 0 bridgehead atoms. The Bertz CT molecular complexity index is 2180. The molecule has 1 rings (SSSR count). The smallest absolute Gasteiger partial charge is 0.322 e. The number of aliphatic hydroxyl groups excluding tert-OH is 3. The van der Waals surface area contributed by atoms with Crippen molar-refractivity contribution in [2.24, 2.45) is 11.8 Å². The van der Waals surface area contributed by atoms with E-state index in [1.54, 1.807) is 33.1 Å². The highest BCUT2D eigenvalue weighted by atomic mass is 32.2. The minimum absolute atomic E-state index is 0. The maximum Gasteiger partial charge on any atom is 0.322 e. The number of hydrogen-bond acceptors (Lipinski definition) is 22. The average Bonchev–Trinajstić information content (AvgIpc) is 0.804. The molecular weight excluding hydrogens is 1680 g/mol. The highest BCUT2D eigenvalue weighted by molar-refractivity contribution is 7.99. The van der Waals surface area contributed by atoms with Gasteiger partial charge in [0.2, 0.25) is 8.32 Å². The third-order valence-corrected chi connectivity index (χ3v) is 56.1. The zero-order chi connectivity index (χ0) is 80.8. The van der Waals surface area contributed by atoms with Gasteiger partial charge in [0.1, 0.15) is 12.4 Å². The summed E-state index contributed by atoms with van der Waals surface area (Å²) in [6.07, 6.45) is 2.95. The molecule has 0 aliphatic rings. The standard InChI is InChI=1S/C22H66O10Si10.C14H22O2.C8H20O3Si.C8H16O2S.C6H14O2.C5H14OSi.C4H10O.14CH4/c1-23-34(5,6)25-36(9,10)27-38(13,14)29-40(17,18)31-42(21,22)32-41(19,20)30-39(15,16)28-37(11,12)26-35(7,8)24-33(2,3)4;1-4-13(15)10-16-14-8-6-5-7-12(14)9-11(2)3;1-5-8(9)6-11-7-12(3,4)10-2;1-4-10-8(9)7(3)6-11-5-2;1-3-6(7)5-8-4-2;1-5-7(3,4)6-2;1-3-5-4-2;;;;;;;;;;;;;;/h1-22H3;5-8,11,13,15H,4,9-10H2,1-3H3;8-9H,5-7H2,1-4H3;7H,4-6H2,1-3H3;6-7H,3-5H2,1-2H3;5H2,1-4H3;3-4H2,1-2H3;14*1H4. The number of aliphatic hydroxyl groups is 3. The van der Waals surface area contributed by atoms with Crippen molar-refractivity contribution in [1.82, 2.24) is 0 Å². The summed E-state index contributed by atoms with van der Waals surface area (Å²) < 4.78 is 101. The summed E-state index contributed by atoms with van der Waals surface area (Å²) in [5, 5.41) is 27.5. The Labute approximate surface area is 742 Å². The van der Waals surface area contributed by atoms with Gasteiger partial charge in [-0.2, -0.15) is 11.8 Å². The first-order valence-corrected chi connectivity index (χ1v) is 73.0. The number of hydrogen-bond donors (Lipinski definition) is 3. The molecule has 0 aliphatic heterocycles. The molecule has 0 heterocycles. The molecule has 0 radical (unpaired) electrons. The lowest BCUT2D eigenvalue weighted by Gasteiger charge is -2.44. The van der Waals surface area contributed by atoms with E-state index in [1.165, 1.54) is 11.6 Å². The lowest BCUT2D eigenvalue weighted by atomic mass is 10.0. The molecule has 1 aromatic rings. The van der Waals surface area contributed by atoms with Gasteiger partial charge in [0.05, 0.1) is 50.3 Å². The highest BCUT2D eigenvalue weighted by Gasteiger charge is 2.50. The first-order valence-electron chi connectivity index (χ1n) is 36.8. The third kappa shape index (κ3) is 107. The van der Waals surface area contributed by atoms with Gasteiger partial charge in [0.15, 0.2) is 16.6 Å². The van der Waals surface area contributed by atoms with Gasteiger partial charge in [-0.1, -0.05) is 178 Å². The van der Waals surface area contributed by atoms with E-state index in [0.717, 1.165) is 56.2 Å². The number of carbonyl (C=O) groups is 1. The molecule has 0 fully saturated rings. The van der Waals surface area contributed by atoms with Crippen LogP contribution in [0, 0.1) is 11.8 Å². The fraction of sp³-hybridized carbons (Fsp3) is 0.914. The van der Waals surface area contributed by atoms with Crippen LogP contribution in [0.4, 0.5) is 0 Å². The van der Waals surface area contributed by atoms with E-state index in [0.29, 0.717) is 45.2 Å². The minimum Gasteiger partial charge on any atom is -0.491 e. The Morgan fingerprint density at radius 1 is 0.374 bits per heavy atom. The molecule has 21 nitrogen and oxygen atoms in total. The van der Waals surface area contributed by atoms with E-state index in [9.17, 15) is 15.0 Å². The first-order chi connectivity index (χ1) is 45.6. The van der Waals surface area contributed by atoms with Crippen molar-refractivity contribution in [2.45, 2.75) is 401 Å². The van der Waals surface area contributed by atoms with Crippen molar-refractivity contribution in [1.29, 1.82) is 0 Å². The molecule has 34 heteroatoms. The monoisotopic (exact) mass is 1900 g/mol. The van der Waals surface area contributed by atoms with Crippen LogP contribution in [0.15, 0.2) is 24.3 Å². The van der Waals surface area contributed by atoms with E-state index in [-0.39, 0.29) is 134 Å². The van der Waals surface area contributed by atoms with Crippen LogP contribution in [-0.4, -0.2) is 227 Å². The quantitative estimate of drug-likeness (QED) is 0.0407. The van der Waals surface area contributed by atoms with Gasteiger partial charge in [-0.15, -0.1) is 0 Å². The van der Waals surface area contributed by atoms with Crippen molar-refractivity contribution in [3.8, 4) is 5.75 Å². The van der Waals surface area contributed by atoms with Crippen molar-refractivity contribution in [3.05, 3.63) is 29.8 Å². The van der Waals surface area contributed by atoms with E-state index in [2.05, 4.69) is 171 Å². The number of esters is 1. The maximum atomic E-state index is 11.0. The second-order valence-corrected chi connectivity index (χ2v) is 78.4. The predicted molar refractivity (Wildman–Crippen MR) is 549 cm³/mol. The van der Waals surface area contributed by atoms with Crippen molar-refractivity contribution in [3.63, 3.8) is 0 Å². The SMILES string of the molecule is C.C.C.C.C.C.C.C.C.C.C.C.C.C.CCC(O)COC[Si](C)(C)OC.CCC(O)COc1ccccc1CC(C)C.CCOC(=O)C(C)CSCC.CCOCC.CCOCC(O)CC.CC[Si](C)(C)OC.CO[Si](C)(C)O[Si](C)(C)O[Si](C)(C)O[Si](C)(C)O[Si](C)(C)O[Si](C)(C)O[Si](C)(C)O[Si](C)(C)O[Si](C)(C)O[Si](C)(C)C. The average molecular weight is 1900 g/mol. The second kappa shape index (κ2) is 83.0. The topological polar surface area (TPSA) is 235 Å². The zero-order valence-corrected chi connectivity index (χ0v) is 85.2. The Morgan fingerprint density at radius 2 is 0.670 bits per heavy atom. The van der Waals surface area contributed by atoms with E-state index in [1.807, 2.05) is 99.8 Å². The van der Waals surface area contributed by atoms with Crippen LogP contribution in [-0.2, 0) is 80.5 Å². The highest BCUT2D eigenvalue weighted by Crippen LogP contribution is 2.31. The van der Waals surface area contributed by atoms with Gasteiger partial charge in [-0.25, -0.2) is 0 Å². The van der Waals surface area contributed by atoms with Crippen LogP contribution in [0.5, 0.6) is 5.75 Å². The molecule has 0 aliphatic carbocycles. The molecule has 4 atom stereocenters. The number of thioether (sulfide) groups is 1. The summed E-state index contributed by atoms with van der Waals surface area (Å²) in [6.45, 7) is 80.6. The summed E-state index contributed by atoms with van der Waals surface area (Å²) >= 11 is 1.77. The number of carbonyl (C=O) groups excluding carboxylic acids is 1. The summed E-state index contributed by atoms with van der Waals surface area (Å²) in [5.74, 6) is 3.41. The molecule has 0 saturated carbocycles. The van der Waals surface area contributed by atoms with E-state index in [4.69, 9.17) is 79.1 Å². The van der Waals surface area contributed by atoms with Crippen LogP contribution >= 0.6 is 11.8 Å². The fourth-order valence-corrected chi connectivity index (χ4v) is 59.4. The molecular formula is C81H218O21SSi12. The summed E-state index contributed by atoms with van der Waals surface area (Å²) in [7, 11) is -22.0. The van der Waals surface area contributed by atoms with E-state index < -0.39 is 102 Å². The zero-order valence-electron chi connectivity index (χ0n) is 72.4. The van der Waals surface area contributed by atoms with Gasteiger partial charge in [0.25, 0.3) is 0 Å². The van der Waals surface area contributed by atoms with Gasteiger partial charge < -0.3 is 89.3 Å². The van der Waals surface area contributed by atoms with Crippen molar-refractivity contribution in [2.75, 3.05) is 85.3 Å². The maximum absolute atomic E-state index is 11.0. The molecule has 0 aromatic heterocycles. The Kier molecular flexibility index (Phi) is 120. The molecule has 0 amide bonds. The molecule has 0 spiro atoms. The predicted octanol–water partition coefficient (Wildman–Crippen LogP) is 26.7. The lowest BCUT2D eigenvalue weighted by molar-refractivity contribution is -0.146. The summed E-state index contributed by atoms with van der Waals surface area (Å²) in [6, 6.07) is 9.27. The minimum atomic E-state index is -2.65. The Morgan fingerprint density at radius 3 is 0.913 bits per heavy atom. The fourth-order valence-electron chi connectivity index (χ4n) is 9.22. The first kappa shape index (κ1) is 166. The summed E-state index contributed by atoms with van der Waals surface area (Å²) in [4.78, 5) is 11.0.